The van der Waals surface area contributed by atoms with Gasteiger partial charge in [0.05, 0.1) is 23.9 Å². The molecule has 0 fully saturated rings. The van der Waals surface area contributed by atoms with Crippen molar-refractivity contribution in [3.8, 4) is 5.75 Å². The highest BCUT2D eigenvalue weighted by molar-refractivity contribution is 6.13. The second kappa shape index (κ2) is 8.34. The number of anilines is 2. The van der Waals surface area contributed by atoms with Gasteiger partial charge in [0.2, 0.25) is 5.71 Å². The summed E-state index contributed by atoms with van der Waals surface area (Å²) in [5.74, 6) is -0.260. The first-order valence-electron chi connectivity index (χ1n) is 9.54. The van der Waals surface area contributed by atoms with Crippen LogP contribution in [0.5, 0.6) is 5.75 Å². The predicted molar refractivity (Wildman–Crippen MR) is 117 cm³/mol. The van der Waals surface area contributed by atoms with Crippen molar-refractivity contribution in [2.24, 2.45) is 7.05 Å². The molecule has 0 bridgehead atoms. The van der Waals surface area contributed by atoms with E-state index in [2.05, 4.69) is 20.6 Å². The lowest BCUT2D eigenvalue weighted by atomic mass is 10.1. The molecular formula is C22H19N5O5. The van der Waals surface area contributed by atoms with Gasteiger partial charge < -0.3 is 24.4 Å². The van der Waals surface area contributed by atoms with Crippen molar-refractivity contribution in [1.82, 2.24) is 14.5 Å². The summed E-state index contributed by atoms with van der Waals surface area (Å²) in [7, 11) is 2.99. The van der Waals surface area contributed by atoms with Crippen LogP contribution in [0.25, 0.3) is 11.1 Å². The first-order chi connectivity index (χ1) is 15.4. The van der Waals surface area contributed by atoms with Crippen LogP contribution in [0.3, 0.4) is 0 Å². The highest BCUT2D eigenvalue weighted by Gasteiger charge is 2.23. The summed E-state index contributed by atoms with van der Waals surface area (Å²) in [6.45, 7) is 1.59. The Balaban J connectivity index is 1.61. The topological polar surface area (TPSA) is 128 Å². The minimum Gasteiger partial charge on any atom is -0.494 e. The number of rotatable bonds is 5. The summed E-state index contributed by atoms with van der Waals surface area (Å²) < 4.78 is 12.1. The van der Waals surface area contributed by atoms with E-state index in [1.165, 1.54) is 24.2 Å². The number of nitrogens with zero attached hydrogens (tertiary/aromatic N) is 3. The summed E-state index contributed by atoms with van der Waals surface area (Å²) in [5, 5.41) is 5.59. The molecule has 3 aromatic heterocycles. The Labute approximate surface area is 181 Å². The Morgan fingerprint density at radius 1 is 1.16 bits per heavy atom. The van der Waals surface area contributed by atoms with Gasteiger partial charge in [0.15, 0.2) is 0 Å². The molecule has 4 aromatic rings. The number of benzene rings is 1. The zero-order chi connectivity index (χ0) is 22.8. The fourth-order valence-corrected chi connectivity index (χ4v) is 3.22. The molecule has 10 nitrogen and oxygen atoms in total. The summed E-state index contributed by atoms with van der Waals surface area (Å²) >= 11 is 0. The number of fused-ring (bicyclic) bond motifs is 1. The van der Waals surface area contributed by atoms with Crippen LogP contribution in [-0.4, -0.2) is 33.5 Å². The zero-order valence-electron chi connectivity index (χ0n) is 17.5. The lowest BCUT2D eigenvalue weighted by Crippen LogP contribution is -2.20. The summed E-state index contributed by atoms with van der Waals surface area (Å²) in [5.41, 5.74) is 1.04. The fourth-order valence-electron chi connectivity index (χ4n) is 3.22. The van der Waals surface area contributed by atoms with Crippen molar-refractivity contribution in [2.45, 2.75) is 6.92 Å². The maximum absolute atomic E-state index is 13.0. The third-order valence-electron chi connectivity index (χ3n) is 4.81. The number of carbonyl (C=O) groups is 2. The number of ether oxygens (including phenoxy) is 1. The van der Waals surface area contributed by atoms with Gasteiger partial charge in [-0.25, -0.2) is 4.98 Å². The summed E-state index contributed by atoms with van der Waals surface area (Å²) in [6.07, 6.45) is 4.36. The molecule has 1 aromatic carbocycles. The van der Waals surface area contributed by atoms with Gasteiger partial charge in [-0.15, -0.1) is 0 Å². The summed E-state index contributed by atoms with van der Waals surface area (Å²) in [4.78, 5) is 45.8. The largest absolute Gasteiger partial charge is 0.494 e. The minimum absolute atomic E-state index is 0.0989. The number of aryl methyl sites for hydroxylation is 2. The lowest BCUT2D eigenvalue weighted by Gasteiger charge is -2.12. The van der Waals surface area contributed by atoms with Crippen LogP contribution in [0.2, 0.25) is 0 Å². The molecule has 4 rings (SSSR count). The van der Waals surface area contributed by atoms with Crippen LogP contribution in [0.15, 0.2) is 58.3 Å². The molecule has 0 aliphatic heterocycles. The third-order valence-corrected chi connectivity index (χ3v) is 4.81. The van der Waals surface area contributed by atoms with Gasteiger partial charge in [0.25, 0.3) is 17.4 Å². The van der Waals surface area contributed by atoms with Gasteiger partial charge in [-0.05, 0) is 31.2 Å². The van der Waals surface area contributed by atoms with Crippen molar-refractivity contribution in [3.05, 3.63) is 76.3 Å². The van der Waals surface area contributed by atoms with Gasteiger partial charge in [-0.1, -0.05) is 0 Å². The number of pyridine rings is 1. The Hall–Kier alpha value is -4.47. The van der Waals surface area contributed by atoms with E-state index in [4.69, 9.17) is 9.15 Å². The van der Waals surface area contributed by atoms with Crippen molar-refractivity contribution in [3.63, 3.8) is 0 Å². The molecule has 0 aliphatic carbocycles. The van der Waals surface area contributed by atoms with Crippen LogP contribution < -0.4 is 20.9 Å². The lowest BCUT2D eigenvalue weighted by molar-refractivity contribution is 0.101. The average Bonchev–Trinajstić information content (AvgIpc) is 3.14. The highest BCUT2D eigenvalue weighted by atomic mass is 16.5. The molecule has 0 aliphatic rings. The highest BCUT2D eigenvalue weighted by Crippen LogP contribution is 2.29. The molecule has 0 atom stereocenters. The first-order valence-corrected chi connectivity index (χ1v) is 9.54. The number of amides is 2. The van der Waals surface area contributed by atoms with Crippen LogP contribution in [0, 0.1) is 6.92 Å². The minimum atomic E-state index is -0.527. The maximum Gasteiger partial charge on any atom is 0.265 e. The number of nitrogens with one attached hydrogen (secondary N) is 2. The molecule has 0 spiro atoms. The Kier molecular flexibility index (Phi) is 5.42. The van der Waals surface area contributed by atoms with Gasteiger partial charge in [-0.3, -0.25) is 19.4 Å². The smallest absolute Gasteiger partial charge is 0.265 e. The number of hydrogen-bond donors (Lipinski definition) is 2. The van der Waals surface area contributed by atoms with E-state index >= 15 is 0 Å². The third kappa shape index (κ3) is 3.81. The number of furan rings is 1. The number of methoxy groups -OCH3 is 1. The van der Waals surface area contributed by atoms with Crippen LogP contribution in [0.4, 0.5) is 11.4 Å². The molecule has 2 N–H and O–H groups in total. The van der Waals surface area contributed by atoms with Gasteiger partial charge in [-0.2, -0.15) is 0 Å². The normalized spacial score (nSPS) is 10.7. The molecule has 0 saturated heterocycles. The number of carbonyl (C=O) groups excluding carboxylic acids is 2. The standard InChI is InChI=1S/C22H19N5O5/c1-12-17(18-21(32-12)24-11-27(2)22(18)30)20(29)25-14-6-7-15(16(9-14)31-3)26-19(28)13-5-4-8-23-10-13/h4-11H,1-3H3,(H,25,29)(H,26,28). The molecular weight excluding hydrogens is 414 g/mol. The van der Waals surface area contributed by atoms with E-state index in [9.17, 15) is 14.4 Å². The van der Waals surface area contributed by atoms with Crippen LogP contribution in [0.1, 0.15) is 26.5 Å². The van der Waals surface area contributed by atoms with Gasteiger partial charge in [0, 0.05) is 31.2 Å². The molecule has 32 heavy (non-hydrogen) atoms. The first kappa shape index (κ1) is 20.8. The van der Waals surface area contributed by atoms with E-state index < -0.39 is 5.91 Å². The Bertz CT molecular complexity index is 1390. The monoisotopic (exact) mass is 433 g/mol. The molecule has 2 amide bonds. The zero-order valence-corrected chi connectivity index (χ0v) is 17.5. The molecule has 0 unspecified atom stereocenters. The second-order valence-electron chi connectivity index (χ2n) is 6.94. The fraction of sp³-hybridized carbons (Fsp3) is 0.136. The van der Waals surface area contributed by atoms with E-state index in [0.717, 1.165) is 0 Å². The SMILES string of the molecule is COc1cc(NC(=O)c2c(C)oc3ncn(C)c(=O)c23)ccc1NC(=O)c1cccnc1. The van der Waals surface area contributed by atoms with E-state index in [0.29, 0.717) is 22.7 Å². The Morgan fingerprint density at radius 3 is 2.69 bits per heavy atom. The van der Waals surface area contributed by atoms with Gasteiger partial charge in [0.1, 0.15) is 23.2 Å². The van der Waals surface area contributed by atoms with Crippen molar-refractivity contribution in [1.29, 1.82) is 0 Å². The van der Waals surface area contributed by atoms with Crippen LogP contribution in [-0.2, 0) is 7.05 Å². The number of aromatic nitrogens is 3. The summed E-state index contributed by atoms with van der Waals surface area (Å²) in [6, 6.07) is 8.07. The molecule has 162 valence electrons. The van der Waals surface area contributed by atoms with E-state index in [-0.39, 0.29) is 33.9 Å². The predicted octanol–water partition coefficient (Wildman–Crippen LogP) is 2.74. The Morgan fingerprint density at radius 2 is 1.97 bits per heavy atom. The molecule has 0 radical (unpaired) electrons. The molecule has 3 heterocycles. The van der Waals surface area contributed by atoms with Crippen molar-refractivity contribution < 1.29 is 18.7 Å². The molecule has 10 heteroatoms. The maximum atomic E-state index is 13.0. The van der Waals surface area contributed by atoms with E-state index in [1.807, 2.05) is 0 Å². The van der Waals surface area contributed by atoms with Crippen LogP contribution >= 0.6 is 0 Å². The average molecular weight is 433 g/mol. The molecule has 0 saturated carbocycles. The second-order valence-corrected chi connectivity index (χ2v) is 6.94. The number of hydrogen-bond acceptors (Lipinski definition) is 7. The quantitative estimate of drug-likeness (QED) is 0.495. The van der Waals surface area contributed by atoms with Crippen molar-refractivity contribution in [2.75, 3.05) is 17.7 Å². The van der Waals surface area contributed by atoms with Crippen molar-refractivity contribution >= 4 is 34.3 Å². The van der Waals surface area contributed by atoms with E-state index in [1.54, 1.807) is 50.5 Å². The van der Waals surface area contributed by atoms with Gasteiger partial charge >= 0.3 is 0 Å².